The predicted octanol–water partition coefficient (Wildman–Crippen LogP) is 3.89. The quantitative estimate of drug-likeness (QED) is 0.636. The van der Waals surface area contributed by atoms with Crippen molar-refractivity contribution in [2.24, 2.45) is 23.7 Å². The number of anilines is 1. The third-order valence-corrected chi connectivity index (χ3v) is 6.98. The molecule has 0 aromatic heterocycles. The van der Waals surface area contributed by atoms with Crippen molar-refractivity contribution >= 4 is 17.4 Å². The summed E-state index contributed by atoms with van der Waals surface area (Å²) in [5.74, 6) is 4.12. The highest BCUT2D eigenvalue weighted by atomic mass is 32.2. The van der Waals surface area contributed by atoms with E-state index in [4.69, 9.17) is 5.73 Å². The van der Waals surface area contributed by atoms with Crippen LogP contribution in [0.4, 0.5) is 5.69 Å². The van der Waals surface area contributed by atoms with Gasteiger partial charge in [0, 0.05) is 10.1 Å². The number of rotatable bonds is 2. The first-order valence-electron chi connectivity index (χ1n) is 7.44. The number of benzene rings is 1. The van der Waals surface area contributed by atoms with Crippen LogP contribution in [0.3, 0.4) is 0 Å². The Morgan fingerprint density at radius 2 is 1.63 bits per heavy atom. The fraction of sp³-hybridized carbons (Fsp3) is 0.625. The monoisotopic (exact) mass is 275 g/mol. The molecule has 0 heterocycles. The SMILES string of the molecule is Nc1cc(SC2C3CC4CC(C3)CC2C4)ccc1O. The molecule has 0 unspecified atom stereocenters. The van der Waals surface area contributed by atoms with Gasteiger partial charge in [0.2, 0.25) is 0 Å². The molecule has 4 fully saturated rings. The lowest BCUT2D eigenvalue weighted by atomic mass is 9.56. The standard InChI is InChI=1S/C16H21NOS/c17-14-8-13(1-2-15(14)18)19-16-11-4-9-3-10(6-11)7-12(16)5-9/h1-2,8-12,16,18H,3-7,17H2. The molecule has 4 saturated carbocycles. The topological polar surface area (TPSA) is 46.2 Å². The zero-order chi connectivity index (χ0) is 13.0. The summed E-state index contributed by atoms with van der Waals surface area (Å²) in [5.41, 5.74) is 6.32. The molecule has 3 N–H and O–H groups in total. The van der Waals surface area contributed by atoms with Crippen LogP contribution in [0, 0.1) is 23.7 Å². The molecular formula is C16H21NOS. The van der Waals surface area contributed by atoms with Crippen molar-refractivity contribution in [2.75, 3.05) is 5.73 Å². The minimum absolute atomic E-state index is 0.203. The Morgan fingerprint density at radius 1 is 1.00 bits per heavy atom. The molecule has 0 saturated heterocycles. The molecule has 19 heavy (non-hydrogen) atoms. The van der Waals surface area contributed by atoms with Crippen molar-refractivity contribution in [1.29, 1.82) is 0 Å². The number of thioether (sulfide) groups is 1. The maximum atomic E-state index is 9.52. The van der Waals surface area contributed by atoms with Crippen molar-refractivity contribution in [2.45, 2.75) is 42.2 Å². The first kappa shape index (κ1) is 12.0. The number of nitrogens with two attached hydrogens (primary N) is 1. The fourth-order valence-electron chi connectivity index (χ4n) is 4.83. The third kappa shape index (κ3) is 2.03. The first-order valence-corrected chi connectivity index (χ1v) is 8.32. The van der Waals surface area contributed by atoms with Crippen LogP contribution in [0.15, 0.2) is 23.1 Å². The van der Waals surface area contributed by atoms with Crippen molar-refractivity contribution in [3.05, 3.63) is 18.2 Å². The van der Waals surface area contributed by atoms with Gasteiger partial charge in [-0.15, -0.1) is 11.8 Å². The Hall–Kier alpha value is -0.830. The summed E-state index contributed by atoms with van der Waals surface area (Å²) >= 11 is 2.01. The highest BCUT2D eigenvalue weighted by molar-refractivity contribution is 8.00. The van der Waals surface area contributed by atoms with Crippen LogP contribution in [-0.4, -0.2) is 10.4 Å². The molecule has 1 aromatic rings. The van der Waals surface area contributed by atoms with Gasteiger partial charge in [-0.2, -0.15) is 0 Å². The van der Waals surface area contributed by atoms with Crippen LogP contribution < -0.4 is 5.73 Å². The molecular weight excluding hydrogens is 254 g/mol. The number of aromatic hydroxyl groups is 1. The molecule has 2 nitrogen and oxygen atoms in total. The van der Waals surface area contributed by atoms with Gasteiger partial charge < -0.3 is 10.8 Å². The summed E-state index contributed by atoms with van der Waals surface area (Å²) in [5, 5.41) is 10.3. The second-order valence-corrected chi connectivity index (χ2v) is 7.99. The zero-order valence-electron chi connectivity index (χ0n) is 11.1. The zero-order valence-corrected chi connectivity index (χ0v) is 11.9. The lowest BCUT2D eigenvalue weighted by molar-refractivity contribution is 0.0267. The molecule has 4 aliphatic rings. The first-order chi connectivity index (χ1) is 9.19. The van der Waals surface area contributed by atoms with E-state index in [2.05, 4.69) is 0 Å². The molecule has 102 valence electrons. The van der Waals surface area contributed by atoms with Crippen LogP contribution in [0.2, 0.25) is 0 Å². The van der Waals surface area contributed by atoms with E-state index in [0.717, 1.165) is 28.9 Å². The van der Waals surface area contributed by atoms with Crippen molar-refractivity contribution < 1.29 is 5.11 Å². The van der Waals surface area contributed by atoms with Crippen molar-refractivity contribution in [3.63, 3.8) is 0 Å². The summed E-state index contributed by atoms with van der Waals surface area (Å²) in [4.78, 5) is 1.23. The Morgan fingerprint density at radius 3 is 2.21 bits per heavy atom. The summed E-state index contributed by atoms with van der Waals surface area (Å²) in [6.45, 7) is 0. The van der Waals surface area contributed by atoms with Gasteiger partial charge in [-0.3, -0.25) is 0 Å². The van der Waals surface area contributed by atoms with E-state index in [1.54, 1.807) is 6.07 Å². The Kier molecular flexibility index (Phi) is 2.73. The Labute approximate surface area is 118 Å². The molecule has 4 bridgehead atoms. The van der Waals surface area contributed by atoms with Gasteiger partial charge in [0.15, 0.2) is 0 Å². The molecule has 0 amide bonds. The van der Waals surface area contributed by atoms with Crippen molar-refractivity contribution in [3.8, 4) is 5.75 Å². The van der Waals surface area contributed by atoms with E-state index in [9.17, 15) is 5.11 Å². The average molecular weight is 275 g/mol. The van der Waals surface area contributed by atoms with E-state index in [0.29, 0.717) is 5.69 Å². The third-order valence-electron chi connectivity index (χ3n) is 5.41. The second kappa shape index (κ2) is 4.34. The van der Waals surface area contributed by atoms with Gasteiger partial charge >= 0.3 is 0 Å². The average Bonchev–Trinajstić information content (AvgIpc) is 2.37. The van der Waals surface area contributed by atoms with Crippen LogP contribution in [0.1, 0.15) is 32.1 Å². The van der Waals surface area contributed by atoms with Crippen molar-refractivity contribution in [1.82, 2.24) is 0 Å². The number of nitrogen functional groups attached to an aromatic ring is 1. The van der Waals surface area contributed by atoms with E-state index in [1.807, 2.05) is 23.9 Å². The Balaban J connectivity index is 1.55. The smallest absolute Gasteiger partial charge is 0.138 e. The lowest BCUT2D eigenvalue weighted by Gasteiger charge is -2.54. The second-order valence-electron chi connectivity index (χ2n) is 6.73. The normalized spacial score (nSPS) is 39.7. The number of hydrogen-bond acceptors (Lipinski definition) is 3. The molecule has 5 rings (SSSR count). The number of hydrogen-bond donors (Lipinski definition) is 2. The lowest BCUT2D eigenvalue weighted by Crippen LogP contribution is -2.46. The molecule has 4 aliphatic carbocycles. The molecule has 3 heteroatoms. The summed E-state index contributed by atoms with van der Waals surface area (Å²) in [6, 6.07) is 5.68. The molecule has 0 atom stereocenters. The Bertz CT molecular complexity index is 474. The van der Waals surface area contributed by atoms with Crippen LogP contribution in [0.25, 0.3) is 0 Å². The molecule has 0 spiro atoms. The predicted molar refractivity (Wildman–Crippen MR) is 79.2 cm³/mol. The van der Waals surface area contributed by atoms with Gasteiger partial charge in [-0.1, -0.05) is 0 Å². The summed E-state index contributed by atoms with van der Waals surface area (Å²) in [7, 11) is 0. The number of phenolic OH excluding ortho intramolecular Hbond substituents is 1. The molecule has 0 aliphatic heterocycles. The highest BCUT2D eigenvalue weighted by Crippen LogP contribution is 2.58. The largest absolute Gasteiger partial charge is 0.506 e. The molecule has 1 aromatic carbocycles. The minimum atomic E-state index is 0.203. The highest BCUT2D eigenvalue weighted by Gasteiger charge is 2.48. The van der Waals surface area contributed by atoms with Gasteiger partial charge in [0.25, 0.3) is 0 Å². The van der Waals surface area contributed by atoms with Gasteiger partial charge in [0.05, 0.1) is 5.69 Å². The van der Waals surface area contributed by atoms with Gasteiger partial charge in [-0.05, 0) is 74.0 Å². The van der Waals surface area contributed by atoms with E-state index >= 15 is 0 Å². The minimum Gasteiger partial charge on any atom is -0.506 e. The van der Waals surface area contributed by atoms with Crippen LogP contribution in [0.5, 0.6) is 5.75 Å². The molecule has 0 radical (unpaired) electrons. The van der Waals surface area contributed by atoms with Crippen LogP contribution >= 0.6 is 11.8 Å². The van der Waals surface area contributed by atoms with E-state index < -0.39 is 0 Å². The summed E-state index contributed by atoms with van der Waals surface area (Å²) in [6.07, 6.45) is 7.34. The number of phenols is 1. The fourth-order valence-corrected chi connectivity index (χ4v) is 6.32. The maximum Gasteiger partial charge on any atom is 0.138 e. The van der Waals surface area contributed by atoms with E-state index in [1.165, 1.54) is 37.0 Å². The summed E-state index contributed by atoms with van der Waals surface area (Å²) < 4.78 is 0. The van der Waals surface area contributed by atoms with Crippen LogP contribution in [-0.2, 0) is 0 Å². The maximum absolute atomic E-state index is 9.52. The van der Waals surface area contributed by atoms with E-state index in [-0.39, 0.29) is 5.75 Å². The van der Waals surface area contributed by atoms with Gasteiger partial charge in [0.1, 0.15) is 5.75 Å². The van der Waals surface area contributed by atoms with Gasteiger partial charge in [-0.25, -0.2) is 0 Å².